The minimum atomic E-state index is -6.25. The molecule has 0 spiro atoms. The van der Waals surface area contributed by atoms with Crippen molar-refractivity contribution in [3.05, 3.63) is 60.5 Å². The molecule has 152 valence electrons. The van der Waals surface area contributed by atoms with Gasteiger partial charge in [-0.05, 0) is 69.4 Å². The van der Waals surface area contributed by atoms with E-state index in [-0.39, 0.29) is 18.4 Å². The smallest absolute Gasteiger partial charge is 0.320 e. The van der Waals surface area contributed by atoms with Crippen molar-refractivity contribution in [3.8, 4) is 0 Å². The first kappa shape index (κ1) is 23.1. The van der Waals surface area contributed by atoms with Crippen LogP contribution < -0.4 is 5.32 Å². The van der Waals surface area contributed by atoms with Gasteiger partial charge in [-0.15, -0.1) is 0 Å². The molecule has 0 radical (unpaired) electrons. The summed E-state index contributed by atoms with van der Waals surface area (Å²) < 4.78 is 105. The zero-order valence-corrected chi connectivity index (χ0v) is 17.5. The summed E-state index contributed by atoms with van der Waals surface area (Å²) in [5, 5.41) is 2.21. The van der Waals surface area contributed by atoms with Gasteiger partial charge in [0.15, 0.2) is 0 Å². The number of nitrogens with one attached hydrogen (secondary N) is 1. The van der Waals surface area contributed by atoms with Crippen molar-refractivity contribution in [1.29, 1.82) is 0 Å². The van der Waals surface area contributed by atoms with Crippen molar-refractivity contribution in [2.24, 2.45) is 0 Å². The monoisotopic (exact) mass is 635 g/mol. The summed E-state index contributed by atoms with van der Waals surface area (Å²) in [5.74, 6) is -1.85. The second-order valence-electron chi connectivity index (χ2n) is 5.40. The highest BCUT2D eigenvalue weighted by molar-refractivity contribution is 14.1. The van der Waals surface area contributed by atoms with Crippen LogP contribution in [0.3, 0.4) is 0 Å². The van der Waals surface area contributed by atoms with E-state index in [1.165, 1.54) is 57.3 Å². The predicted molar refractivity (Wildman–Crippen MR) is 101 cm³/mol. The molecule has 2 aromatic carbocycles. The summed E-state index contributed by atoms with van der Waals surface area (Å²) in [6.45, 7) is 0. The molecule has 0 aliphatic carbocycles. The van der Waals surface area contributed by atoms with Crippen LogP contribution >= 0.6 is 45.2 Å². The number of amides is 1. The molecule has 0 unspecified atom stereocenters. The lowest BCUT2D eigenvalue weighted by Gasteiger charge is -2.31. The highest BCUT2D eigenvalue weighted by atomic mass is 127. The summed E-state index contributed by atoms with van der Waals surface area (Å²) in [7, 11) is 0. The van der Waals surface area contributed by atoms with Gasteiger partial charge in [-0.2, -0.15) is 26.3 Å². The largest absolute Gasteiger partial charge is 0.435 e. The molecule has 0 aliphatic rings. The molecule has 1 amide bonds. The van der Waals surface area contributed by atoms with Crippen LogP contribution in [0.4, 0.5) is 40.8 Å². The van der Waals surface area contributed by atoms with E-state index in [1.807, 2.05) is 0 Å². The summed E-state index contributed by atoms with van der Waals surface area (Å²) in [4.78, 5) is 12.1. The van der Waals surface area contributed by atoms with Crippen LogP contribution in [0, 0.1) is 13.0 Å². The summed E-state index contributed by atoms with van der Waals surface area (Å²) >= 11 is 2.71. The maximum Gasteiger partial charge on any atom is 0.435 e. The summed E-state index contributed by atoms with van der Waals surface area (Å²) in [6.07, 6.45) is -12.5. The fraction of sp³-hybridized carbons (Fsp3) is 0.188. The van der Waals surface area contributed by atoms with Crippen LogP contribution in [0.15, 0.2) is 36.4 Å². The number of benzene rings is 2. The Hall–Kier alpha value is -1.19. The molecule has 2 rings (SSSR count). The third-order valence-corrected chi connectivity index (χ3v) is 5.28. The van der Waals surface area contributed by atoms with Crippen molar-refractivity contribution in [3.63, 3.8) is 0 Å². The van der Waals surface area contributed by atoms with Crippen molar-refractivity contribution in [2.75, 3.05) is 5.32 Å². The standard InChI is InChI=1S/C16H7F8I2NO/c17-9-4-2-1-3-8(9)13(28)27-12-10(25)5-7(6-11(12)26)14(18,15(19,20)21)16(22,23)24/h1-6H,(H,27,28). The Labute approximate surface area is 180 Å². The molecule has 0 bridgehead atoms. The maximum atomic E-state index is 14.2. The number of halogens is 10. The summed E-state index contributed by atoms with van der Waals surface area (Å²) in [6, 6.07) is 5.49. The molecule has 1 N–H and O–H groups in total. The van der Waals surface area contributed by atoms with Gasteiger partial charge in [-0.1, -0.05) is 12.1 Å². The molecule has 0 atom stereocenters. The van der Waals surface area contributed by atoms with E-state index in [4.69, 9.17) is 0 Å². The third-order valence-electron chi connectivity index (χ3n) is 3.58. The molecule has 2 aromatic rings. The second-order valence-corrected chi connectivity index (χ2v) is 7.73. The molecule has 0 saturated carbocycles. The Balaban J connectivity index is 2.51. The van der Waals surface area contributed by atoms with Gasteiger partial charge in [-0.3, -0.25) is 4.79 Å². The van der Waals surface area contributed by atoms with Gasteiger partial charge in [0.25, 0.3) is 5.91 Å². The molecule has 0 heterocycles. The minimum Gasteiger partial charge on any atom is -0.320 e. The number of carbonyl (C=O) groups excluding carboxylic acids is 1. The van der Waals surface area contributed by atoms with Gasteiger partial charge < -0.3 is 5.32 Å². The van der Waals surface area contributed by atoms with E-state index in [0.717, 1.165) is 12.1 Å². The van der Waals surface area contributed by atoms with Crippen molar-refractivity contribution >= 4 is 56.8 Å². The third kappa shape index (κ3) is 4.21. The van der Waals surface area contributed by atoms with E-state index >= 15 is 0 Å². The number of hydrogen-bond donors (Lipinski definition) is 1. The average molecular weight is 635 g/mol. The molecule has 12 heteroatoms. The fourth-order valence-electron chi connectivity index (χ4n) is 2.21. The summed E-state index contributed by atoms with van der Waals surface area (Å²) in [5.41, 5.74) is -7.83. The van der Waals surface area contributed by atoms with Crippen molar-refractivity contribution in [1.82, 2.24) is 0 Å². The first-order chi connectivity index (χ1) is 12.7. The van der Waals surface area contributed by atoms with E-state index in [2.05, 4.69) is 5.32 Å². The van der Waals surface area contributed by atoms with Crippen LogP contribution in [0.1, 0.15) is 15.9 Å². The highest BCUT2D eigenvalue weighted by Crippen LogP contribution is 2.54. The Morgan fingerprint density at radius 2 is 1.32 bits per heavy atom. The molecule has 28 heavy (non-hydrogen) atoms. The second kappa shape index (κ2) is 7.91. The normalized spacial score (nSPS) is 12.8. The highest BCUT2D eigenvalue weighted by Gasteiger charge is 2.73. The van der Waals surface area contributed by atoms with Crippen molar-refractivity contribution < 1.29 is 39.9 Å². The lowest BCUT2D eigenvalue weighted by molar-refractivity contribution is -0.348. The minimum absolute atomic E-state index is 0.176. The predicted octanol–water partition coefficient (Wildman–Crippen LogP) is 6.58. The number of anilines is 1. The van der Waals surface area contributed by atoms with E-state index in [9.17, 15) is 39.9 Å². The number of alkyl halides is 7. The topological polar surface area (TPSA) is 29.1 Å². The maximum absolute atomic E-state index is 14.2. The zero-order chi connectivity index (χ0) is 21.5. The molecule has 0 aromatic heterocycles. The zero-order valence-electron chi connectivity index (χ0n) is 13.2. The van der Waals surface area contributed by atoms with Gasteiger partial charge in [0, 0.05) is 12.7 Å². The molecule has 0 aliphatic heterocycles. The number of rotatable bonds is 3. The number of hydrogen-bond acceptors (Lipinski definition) is 1. The van der Waals surface area contributed by atoms with Crippen LogP contribution in [0.2, 0.25) is 0 Å². The number of carbonyl (C=O) groups is 1. The van der Waals surface area contributed by atoms with Crippen LogP contribution in [0.25, 0.3) is 0 Å². The van der Waals surface area contributed by atoms with Gasteiger partial charge in [0.05, 0.1) is 11.3 Å². The van der Waals surface area contributed by atoms with E-state index in [1.54, 1.807) is 0 Å². The van der Waals surface area contributed by atoms with Gasteiger partial charge in [0.2, 0.25) is 0 Å². The molecular formula is C16H7F8I2NO. The Kier molecular flexibility index (Phi) is 6.53. The lowest BCUT2D eigenvalue weighted by atomic mass is 9.94. The Bertz CT molecular complexity index is 873. The molecule has 0 fully saturated rings. The van der Waals surface area contributed by atoms with Crippen molar-refractivity contribution in [2.45, 2.75) is 18.0 Å². The molecular weight excluding hydrogens is 628 g/mol. The molecule has 2 nitrogen and oxygen atoms in total. The lowest BCUT2D eigenvalue weighted by Crippen LogP contribution is -2.50. The Morgan fingerprint density at radius 1 is 0.857 bits per heavy atom. The molecule has 0 saturated heterocycles. The van der Waals surface area contributed by atoms with E-state index < -0.39 is 35.3 Å². The van der Waals surface area contributed by atoms with Gasteiger partial charge in [-0.25, -0.2) is 8.78 Å². The Morgan fingerprint density at radius 3 is 1.75 bits per heavy atom. The quantitative estimate of drug-likeness (QED) is 0.300. The first-order valence-corrected chi connectivity index (χ1v) is 9.23. The van der Waals surface area contributed by atoms with Gasteiger partial charge >= 0.3 is 18.0 Å². The van der Waals surface area contributed by atoms with Crippen LogP contribution in [-0.2, 0) is 5.67 Å². The fourth-order valence-corrected chi connectivity index (χ4v) is 4.24. The van der Waals surface area contributed by atoms with Crippen LogP contribution in [-0.4, -0.2) is 18.3 Å². The van der Waals surface area contributed by atoms with E-state index in [0.29, 0.717) is 12.1 Å². The van der Waals surface area contributed by atoms with Crippen LogP contribution in [0.5, 0.6) is 0 Å². The van der Waals surface area contributed by atoms with Gasteiger partial charge in [0.1, 0.15) is 5.82 Å². The first-order valence-electron chi connectivity index (χ1n) is 7.08. The average Bonchev–Trinajstić information content (AvgIpc) is 2.55. The SMILES string of the molecule is O=C(Nc1c(I)cc(C(F)(C(F)(F)F)C(F)(F)F)cc1I)c1ccccc1F.